The van der Waals surface area contributed by atoms with Crippen molar-refractivity contribution in [3.8, 4) is 0 Å². The topological polar surface area (TPSA) is 56.7 Å². The molecule has 1 aromatic heterocycles. The molecular formula is C22H31N3O2. The van der Waals surface area contributed by atoms with Gasteiger partial charge in [0, 0.05) is 30.7 Å². The van der Waals surface area contributed by atoms with Gasteiger partial charge in [-0.05, 0) is 71.8 Å². The molecule has 0 radical (unpaired) electrons. The van der Waals surface area contributed by atoms with Crippen LogP contribution in [0.2, 0.25) is 0 Å². The van der Waals surface area contributed by atoms with E-state index in [2.05, 4.69) is 17.1 Å². The van der Waals surface area contributed by atoms with E-state index < -0.39 is 5.60 Å². The summed E-state index contributed by atoms with van der Waals surface area (Å²) in [5.74, 6) is 0.0459. The van der Waals surface area contributed by atoms with Crippen molar-refractivity contribution in [3.05, 3.63) is 40.6 Å². The Labute approximate surface area is 162 Å². The van der Waals surface area contributed by atoms with E-state index >= 15 is 0 Å². The highest BCUT2D eigenvalue weighted by atomic mass is 16.3. The second-order valence-electron chi connectivity index (χ2n) is 8.40. The van der Waals surface area contributed by atoms with Gasteiger partial charge in [0.15, 0.2) is 0 Å². The Bertz CT molecular complexity index is 862. The van der Waals surface area contributed by atoms with Gasteiger partial charge in [0.2, 0.25) is 0 Å². The highest BCUT2D eigenvalue weighted by molar-refractivity contribution is 6.07. The smallest absolute Gasteiger partial charge is 0.254 e. The molecule has 1 atom stereocenters. The molecule has 1 saturated heterocycles. The summed E-state index contributed by atoms with van der Waals surface area (Å²) in [5.41, 5.74) is 4.00. The Morgan fingerprint density at radius 3 is 2.63 bits per heavy atom. The van der Waals surface area contributed by atoms with Crippen LogP contribution in [0.5, 0.6) is 0 Å². The fourth-order valence-electron chi connectivity index (χ4n) is 4.28. The predicted molar refractivity (Wildman–Crippen MR) is 109 cm³/mol. The minimum absolute atomic E-state index is 0.0459. The molecule has 5 heteroatoms. The van der Waals surface area contributed by atoms with Gasteiger partial charge in [-0.1, -0.05) is 11.6 Å². The van der Waals surface area contributed by atoms with Gasteiger partial charge in [0.25, 0.3) is 5.91 Å². The van der Waals surface area contributed by atoms with E-state index in [9.17, 15) is 9.90 Å². The average molecular weight is 370 g/mol. The summed E-state index contributed by atoms with van der Waals surface area (Å²) in [6.07, 6.45) is 2.15. The van der Waals surface area contributed by atoms with Gasteiger partial charge in [-0.25, -0.2) is 0 Å². The average Bonchev–Trinajstić information content (AvgIpc) is 2.75. The van der Waals surface area contributed by atoms with Gasteiger partial charge in [0.05, 0.1) is 16.7 Å². The Balaban J connectivity index is 1.92. The maximum Gasteiger partial charge on any atom is 0.254 e. The highest BCUT2D eigenvalue weighted by Crippen LogP contribution is 2.27. The number of likely N-dealkylation sites (tertiary alicyclic amines) is 1. The van der Waals surface area contributed by atoms with Crippen molar-refractivity contribution < 1.29 is 9.90 Å². The quantitative estimate of drug-likeness (QED) is 0.903. The normalized spacial score (nSPS) is 20.9. The van der Waals surface area contributed by atoms with Crippen molar-refractivity contribution in [3.63, 3.8) is 0 Å². The molecule has 1 N–H and O–H groups in total. The SMILES string of the molecule is Cc1cc(C)c2nc(C)cc(C(=O)N3CCCC(O)(CN(C)C)CC3)c2c1. The number of hydrogen-bond acceptors (Lipinski definition) is 4. The van der Waals surface area contributed by atoms with Crippen LogP contribution in [0.15, 0.2) is 18.2 Å². The molecule has 3 rings (SSSR count). The van der Waals surface area contributed by atoms with Gasteiger partial charge in [-0.3, -0.25) is 9.78 Å². The number of aryl methyl sites for hydroxylation is 3. The number of benzene rings is 1. The lowest BCUT2D eigenvalue weighted by Gasteiger charge is -2.30. The first kappa shape index (κ1) is 19.8. The second-order valence-corrected chi connectivity index (χ2v) is 8.40. The number of carbonyl (C=O) groups excluding carboxylic acids is 1. The molecule has 0 bridgehead atoms. The van der Waals surface area contributed by atoms with E-state index in [-0.39, 0.29) is 5.91 Å². The second kappa shape index (κ2) is 7.56. The maximum absolute atomic E-state index is 13.4. The third kappa shape index (κ3) is 4.30. The lowest BCUT2D eigenvalue weighted by atomic mass is 9.94. The van der Waals surface area contributed by atoms with Crippen LogP contribution in [0.25, 0.3) is 10.9 Å². The van der Waals surface area contributed by atoms with Crippen molar-refractivity contribution >= 4 is 16.8 Å². The summed E-state index contributed by atoms with van der Waals surface area (Å²) in [4.78, 5) is 22.0. The molecule has 1 aliphatic heterocycles. The number of pyridine rings is 1. The van der Waals surface area contributed by atoms with Crippen molar-refractivity contribution in [2.45, 2.75) is 45.6 Å². The molecular weight excluding hydrogens is 338 g/mol. The number of hydrogen-bond donors (Lipinski definition) is 1. The number of amides is 1. The fourth-order valence-corrected chi connectivity index (χ4v) is 4.28. The van der Waals surface area contributed by atoms with Crippen LogP contribution in [-0.4, -0.2) is 65.1 Å². The lowest BCUT2D eigenvalue weighted by molar-refractivity contribution is 0.00305. The van der Waals surface area contributed by atoms with Crippen LogP contribution in [0, 0.1) is 20.8 Å². The predicted octanol–water partition coefficient (Wildman–Crippen LogP) is 3.08. The van der Waals surface area contributed by atoms with E-state index in [4.69, 9.17) is 0 Å². The molecule has 1 unspecified atom stereocenters. The number of carbonyl (C=O) groups is 1. The lowest BCUT2D eigenvalue weighted by Crippen LogP contribution is -2.41. The molecule has 0 aliphatic carbocycles. The summed E-state index contributed by atoms with van der Waals surface area (Å²) in [5, 5.41) is 11.8. The molecule has 1 aliphatic rings. The fraction of sp³-hybridized carbons (Fsp3) is 0.545. The van der Waals surface area contributed by atoms with Crippen LogP contribution < -0.4 is 0 Å². The third-order valence-electron chi connectivity index (χ3n) is 5.42. The molecule has 0 spiro atoms. The number of likely N-dealkylation sites (N-methyl/N-ethyl adjacent to an activating group) is 1. The number of aromatic nitrogens is 1. The zero-order chi connectivity index (χ0) is 19.8. The number of aliphatic hydroxyl groups is 1. The molecule has 146 valence electrons. The largest absolute Gasteiger partial charge is 0.388 e. The van der Waals surface area contributed by atoms with Crippen molar-refractivity contribution in [2.75, 3.05) is 33.7 Å². The number of rotatable bonds is 3. The van der Waals surface area contributed by atoms with Gasteiger partial charge in [0.1, 0.15) is 0 Å². The molecule has 1 aromatic carbocycles. The summed E-state index contributed by atoms with van der Waals surface area (Å²) in [6.45, 7) is 7.93. The first-order valence-corrected chi connectivity index (χ1v) is 9.73. The van der Waals surface area contributed by atoms with Crippen LogP contribution >= 0.6 is 0 Å². The maximum atomic E-state index is 13.4. The van der Waals surface area contributed by atoms with Gasteiger partial charge in [-0.15, -0.1) is 0 Å². The van der Waals surface area contributed by atoms with E-state index in [0.717, 1.165) is 46.1 Å². The summed E-state index contributed by atoms with van der Waals surface area (Å²) in [7, 11) is 3.95. The monoisotopic (exact) mass is 369 g/mol. The minimum Gasteiger partial charge on any atom is -0.388 e. The number of nitrogens with zero attached hydrogens (tertiary/aromatic N) is 3. The van der Waals surface area contributed by atoms with Gasteiger partial charge < -0.3 is 14.9 Å². The van der Waals surface area contributed by atoms with Crippen molar-refractivity contribution in [1.82, 2.24) is 14.8 Å². The zero-order valence-electron chi connectivity index (χ0n) is 17.2. The van der Waals surface area contributed by atoms with Crippen LogP contribution in [-0.2, 0) is 0 Å². The third-order valence-corrected chi connectivity index (χ3v) is 5.42. The standard InChI is InChI=1S/C22H31N3O2/c1-15-11-16(2)20-18(12-15)19(13-17(3)23-20)21(26)25-9-6-7-22(27,8-10-25)14-24(4)5/h11-13,27H,6-10,14H2,1-5H3. The molecule has 2 heterocycles. The Hall–Kier alpha value is -1.98. The van der Waals surface area contributed by atoms with E-state index in [1.54, 1.807) is 0 Å². The first-order valence-electron chi connectivity index (χ1n) is 9.73. The Kier molecular flexibility index (Phi) is 5.54. The minimum atomic E-state index is -0.720. The van der Waals surface area contributed by atoms with E-state index in [1.807, 2.05) is 50.7 Å². The molecule has 2 aromatic rings. The molecule has 1 amide bonds. The Morgan fingerprint density at radius 2 is 1.93 bits per heavy atom. The summed E-state index contributed by atoms with van der Waals surface area (Å²) in [6, 6.07) is 6.07. The molecule has 5 nitrogen and oxygen atoms in total. The van der Waals surface area contributed by atoms with Gasteiger partial charge in [-0.2, -0.15) is 0 Å². The van der Waals surface area contributed by atoms with Gasteiger partial charge >= 0.3 is 0 Å². The van der Waals surface area contributed by atoms with Crippen molar-refractivity contribution in [2.24, 2.45) is 0 Å². The van der Waals surface area contributed by atoms with Crippen LogP contribution in [0.4, 0.5) is 0 Å². The Morgan fingerprint density at radius 1 is 1.19 bits per heavy atom. The van der Waals surface area contributed by atoms with Crippen LogP contribution in [0.3, 0.4) is 0 Å². The highest BCUT2D eigenvalue weighted by Gasteiger charge is 2.32. The van der Waals surface area contributed by atoms with Crippen molar-refractivity contribution in [1.29, 1.82) is 0 Å². The van der Waals surface area contributed by atoms with Crippen LogP contribution in [0.1, 0.15) is 46.4 Å². The zero-order valence-corrected chi connectivity index (χ0v) is 17.2. The molecule has 27 heavy (non-hydrogen) atoms. The van der Waals surface area contributed by atoms with E-state index in [1.165, 1.54) is 0 Å². The number of fused-ring (bicyclic) bond motifs is 1. The summed E-state index contributed by atoms with van der Waals surface area (Å²) < 4.78 is 0. The van der Waals surface area contributed by atoms with E-state index in [0.29, 0.717) is 26.1 Å². The first-order chi connectivity index (χ1) is 12.7. The summed E-state index contributed by atoms with van der Waals surface area (Å²) >= 11 is 0. The molecule has 0 saturated carbocycles. The molecule has 1 fully saturated rings.